The van der Waals surface area contributed by atoms with Gasteiger partial charge in [0.05, 0.1) is 0 Å². The van der Waals surface area contributed by atoms with Crippen LogP contribution in [-0.2, 0) is 0 Å². The summed E-state index contributed by atoms with van der Waals surface area (Å²) in [5.74, 6) is 3.56. The zero-order valence-electron chi connectivity index (χ0n) is 7.42. The highest BCUT2D eigenvalue weighted by Gasteiger charge is 2.43. The lowest BCUT2D eigenvalue weighted by atomic mass is 9.97. The molecule has 0 spiro atoms. The number of nitrogens with one attached hydrogen (secondary N) is 2. The van der Waals surface area contributed by atoms with Gasteiger partial charge >= 0.3 is 0 Å². The Bertz CT molecular complexity index is 347. The summed E-state index contributed by atoms with van der Waals surface area (Å²) in [6.07, 6.45) is 5.53. The van der Waals surface area contributed by atoms with Crippen molar-refractivity contribution in [1.29, 1.82) is 0 Å². The second-order valence-corrected chi connectivity index (χ2v) is 4.64. The molecule has 2 aliphatic rings. The van der Waals surface area contributed by atoms with Gasteiger partial charge in [-0.05, 0) is 49.7 Å². The van der Waals surface area contributed by atoms with E-state index in [0.29, 0.717) is 10.7 Å². The van der Waals surface area contributed by atoms with E-state index in [1.165, 1.54) is 25.7 Å². The predicted molar refractivity (Wildman–Crippen MR) is 52.0 cm³/mol. The van der Waals surface area contributed by atoms with Crippen LogP contribution >= 0.6 is 12.2 Å². The zero-order chi connectivity index (χ0) is 8.84. The first kappa shape index (κ1) is 7.74. The maximum atomic E-state index is 4.97. The highest BCUT2D eigenvalue weighted by atomic mass is 32.1. The lowest BCUT2D eigenvalue weighted by molar-refractivity contribution is 0.510. The minimum Gasteiger partial charge on any atom is -0.285 e. The number of aromatic amines is 2. The Balaban J connectivity index is 1.90. The summed E-state index contributed by atoms with van der Waals surface area (Å²) in [6, 6.07) is 0. The molecule has 1 aromatic rings. The minimum absolute atomic E-state index is 0.598. The predicted octanol–water partition coefficient (Wildman–Crippen LogP) is 2.37. The molecule has 0 atom stereocenters. The van der Waals surface area contributed by atoms with Gasteiger partial charge in [0.15, 0.2) is 0 Å². The highest BCUT2D eigenvalue weighted by Crippen LogP contribution is 2.53. The molecule has 1 aromatic heterocycles. The fourth-order valence-corrected chi connectivity index (χ4v) is 2.33. The zero-order valence-corrected chi connectivity index (χ0v) is 8.23. The number of rotatable bonds is 3. The third-order valence-corrected chi connectivity index (χ3v) is 3.29. The normalized spacial score (nSPS) is 22.5. The van der Waals surface area contributed by atoms with Crippen LogP contribution in [-0.4, -0.2) is 15.2 Å². The van der Waals surface area contributed by atoms with Crippen molar-refractivity contribution in [1.82, 2.24) is 15.2 Å². The maximum absolute atomic E-state index is 4.97. The molecule has 3 rings (SSSR count). The Morgan fingerprint density at radius 3 is 2.15 bits per heavy atom. The molecule has 2 fully saturated rings. The van der Waals surface area contributed by atoms with Crippen molar-refractivity contribution < 1.29 is 0 Å². The molecule has 0 saturated heterocycles. The summed E-state index contributed by atoms with van der Waals surface area (Å²) in [5.41, 5.74) is 0. The second kappa shape index (κ2) is 2.67. The van der Waals surface area contributed by atoms with Gasteiger partial charge in [0, 0.05) is 5.92 Å². The molecule has 0 amide bonds. The third-order valence-electron chi connectivity index (χ3n) is 3.09. The molecule has 0 aromatic carbocycles. The maximum Gasteiger partial charge on any atom is 0.213 e. The molecule has 4 heteroatoms. The quantitative estimate of drug-likeness (QED) is 0.727. The first-order valence-electron chi connectivity index (χ1n) is 4.99. The summed E-state index contributed by atoms with van der Waals surface area (Å²) in [7, 11) is 0. The van der Waals surface area contributed by atoms with E-state index in [-0.39, 0.29) is 0 Å². The highest BCUT2D eigenvalue weighted by molar-refractivity contribution is 7.71. The van der Waals surface area contributed by atoms with Gasteiger partial charge in [-0.2, -0.15) is 0 Å². The second-order valence-electron chi connectivity index (χ2n) is 4.25. The number of H-pyrrole nitrogens is 2. The fraction of sp³-hybridized carbons (Fsp3) is 0.778. The smallest absolute Gasteiger partial charge is 0.213 e. The van der Waals surface area contributed by atoms with Crippen molar-refractivity contribution in [3.63, 3.8) is 0 Å². The largest absolute Gasteiger partial charge is 0.285 e. The average Bonchev–Trinajstić information content (AvgIpc) is 2.95. The van der Waals surface area contributed by atoms with E-state index in [1.807, 2.05) is 0 Å². The number of aromatic nitrogens is 3. The number of nitrogens with zero attached hydrogens (tertiary/aromatic N) is 1. The van der Waals surface area contributed by atoms with E-state index < -0.39 is 0 Å². The minimum atomic E-state index is 0.598. The summed E-state index contributed by atoms with van der Waals surface area (Å²) in [6.45, 7) is 0. The van der Waals surface area contributed by atoms with E-state index >= 15 is 0 Å². The summed E-state index contributed by atoms with van der Waals surface area (Å²) >= 11 is 4.97. The Kier molecular flexibility index (Phi) is 1.59. The number of hydrogen-bond donors (Lipinski definition) is 2. The van der Waals surface area contributed by atoms with Gasteiger partial charge in [-0.1, -0.05) is 0 Å². The van der Waals surface area contributed by atoms with E-state index in [4.69, 9.17) is 12.2 Å². The van der Waals surface area contributed by atoms with Gasteiger partial charge in [-0.25, -0.2) is 4.98 Å². The van der Waals surface area contributed by atoms with E-state index in [9.17, 15) is 0 Å². The van der Waals surface area contributed by atoms with Crippen LogP contribution in [0, 0.1) is 16.6 Å². The molecule has 0 aliphatic heterocycles. The first-order valence-corrected chi connectivity index (χ1v) is 5.40. The average molecular weight is 195 g/mol. The van der Waals surface area contributed by atoms with Crippen LogP contribution in [0.3, 0.4) is 0 Å². The Morgan fingerprint density at radius 2 is 1.77 bits per heavy atom. The fourth-order valence-electron chi connectivity index (χ4n) is 2.18. The summed E-state index contributed by atoms with van der Waals surface area (Å²) in [4.78, 5) is 4.34. The molecule has 0 unspecified atom stereocenters. The molecule has 0 radical (unpaired) electrons. The topological polar surface area (TPSA) is 44.5 Å². The molecule has 2 N–H and O–H groups in total. The monoisotopic (exact) mass is 195 g/mol. The Morgan fingerprint density at radius 1 is 1.15 bits per heavy atom. The Hall–Kier alpha value is -0.640. The van der Waals surface area contributed by atoms with Crippen LogP contribution in [0.15, 0.2) is 0 Å². The molecule has 2 aliphatic carbocycles. The van der Waals surface area contributed by atoms with Crippen molar-refractivity contribution in [2.45, 2.75) is 31.6 Å². The van der Waals surface area contributed by atoms with E-state index in [2.05, 4.69) is 15.2 Å². The molecule has 3 nitrogen and oxygen atoms in total. The van der Waals surface area contributed by atoms with Gasteiger partial charge in [0.25, 0.3) is 0 Å². The summed E-state index contributed by atoms with van der Waals surface area (Å²) in [5, 5.41) is 6.00. The van der Waals surface area contributed by atoms with Crippen molar-refractivity contribution in [3.8, 4) is 0 Å². The third kappa shape index (κ3) is 1.43. The van der Waals surface area contributed by atoms with Crippen LogP contribution in [0.5, 0.6) is 0 Å². The Labute approximate surface area is 82.0 Å². The van der Waals surface area contributed by atoms with Crippen LogP contribution in [0.4, 0.5) is 0 Å². The molecular formula is C9H13N3S. The molecule has 0 bridgehead atoms. The lowest BCUT2D eigenvalue weighted by Gasteiger charge is -2.10. The van der Waals surface area contributed by atoms with Gasteiger partial charge in [0.1, 0.15) is 5.82 Å². The standard InChI is InChI=1S/C9H13N3S/c13-9-10-8(11-12-9)7(5-1-2-5)6-3-4-6/h5-7H,1-4H2,(H2,10,11,12,13). The molecule has 13 heavy (non-hydrogen) atoms. The summed E-state index contributed by atoms with van der Waals surface area (Å²) < 4.78 is 0.598. The molecule has 70 valence electrons. The van der Waals surface area contributed by atoms with Gasteiger partial charge in [-0.15, -0.1) is 0 Å². The van der Waals surface area contributed by atoms with Crippen LogP contribution < -0.4 is 0 Å². The van der Waals surface area contributed by atoms with Gasteiger partial charge in [-0.3, -0.25) is 10.2 Å². The SMILES string of the molecule is S=c1nc(C(C2CC2)C2CC2)[nH][nH]1. The van der Waals surface area contributed by atoms with Crippen molar-refractivity contribution in [2.24, 2.45) is 11.8 Å². The van der Waals surface area contributed by atoms with Crippen LogP contribution in [0.1, 0.15) is 37.4 Å². The van der Waals surface area contributed by atoms with Crippen molar-refractivity contribution >= 4 is 12.2 Å². The van der Waals surface area contributed by atoms with Crippen molar-refractivity contribution in [3.05, 3.63) is 10.6 Å². The van der Waals surface area contributed by atoms with Crippen LogP contribution in [0.2, 0.25) is 0 Å². The number of hydrogen-bond acceptors (Lipinski definition) is 2. The first-order chi connectivity index (χ1) is 6.34. The molecule has 2 saturated carbocycles. The lowest BCUT2D eigenvalue weighted by Crippen LogP contribution is -2.05. The molecule has 1 heterocycles. The van der Waals surface area contributed by atoms with E-state index in [0.717, 1.165) is 17.7 Å². The van der Waals surface area contributed by atoms with Crippen molar-refractivity contribution in [2.75, 3.05) is 0 Å². The molecular weight excluding hydrogens is 182 g/mol. The van der Waals surface area contributed by atoms with Gasteiger partial charge in [0.2, 0.25) is 4.77 Å². The van der Waals surface area contributed by atoms with Gasteiger partial charge < -0.3 is 0 Å². The van der Waals surface area contributed by atoms with E-state index in [1.54, 1.807) is 0 Å². The van der Waals surface area contributed by atoms with Crippen LogP contribution in [0.25, 0.3) is 0 Å².